The number of nitrogens with one attached hydrogen (secondary N) is 1. The third-order valence-corrected chi connectivity index (χ3v) is 4.63. The number of rotatable bonds is 6. The number of carbonyl (C=O) groups is 1. The molecule has 1 amide bonds. The van der Waals surface area contributed by atoms with Crippen LogP contribution in [-0.2, 0) is 4.79 Å². The van der Waals surface area contributed by atoms with Crippen LogP contribution in [0.5, 0.6) is 5.75 Å². The molecule has 0 aliphatic carbocycles. The molecule has 0 atom stereocenters. The lowest BCUT2D eigenvalue weighted by molar-refractivity contribution is -0.116. The summed E-state index contributed by atoms with van der Waals surface area (Å²) in [5, 5.41) is 7.49. The van der Waals surface area contributed by atoms with Crippen LogP contribution in [0.25, 0.3) is 5.69 Å². The van der Waals surface area contributed by atoms with Gasteiger partial charge in [-0.05, 0) is 54.0 Å². The fraction of sp³-hybridized carbons (Fsp3) is 0.200. The fourth-order valence-corrected chi connectivity index (χ4v) is 3.06. The third-order valence-electron chi connectivity index (χ3n) is 3.98. The summed E-state index contributed by atoms with van der Waals surface area (Å²) in [7, 11) is 0. The third kappa shape index (κ3) is 4.14. The number of amides is 1. The highest BCUT2D eigenvalue weighted by Crippen LogP contribution is 2.25. The van der Waals surface area contributed by atoms with Gasteiger partial charge in [0.05, 0.1) is 40.3 Å². The molecule has 2 aromatic carbocycles. The molecule has 5 nitrogen and oxygen atoms in total. The molecule has 0 aliphatic heterocycles. The summed E-state index contributed by atoms with van der Waals surface area (Å²) >= 11 is 3.42. The Balaban J connectivity index is 1.63. The van der Waals surface area contributed by atoms with Gasteiger partial charge in [-0.15, -0.1) is 0 Å². The number of carbonyl (C=O) groups excluding carboxylic acids is 1. The van der Waals surface area contributed by atoms with Gasteiger partial charge in [-0.2, -0.15) is 5.10 Å². The van der Waals surface area contributed by atoms with Crippen LogP contribution in [0, 0.1) is 13.8 Å². The number of aryl methyl sites for hydroxylation is 1. The number of halogens is 1. The highest BCUT2D eigenvalue weighted by atomic mass is 79.9. The van der Waals surface area contributed by atoms with Crippen molar-refractivity contribution in [3.05, 3.63) is 70.5 Å². The SMILES string of the molecule is Cc1nn(-c2ccccc2)c(C)c1NC(=O)CCOc1ccccc1Br. The number of nitrogens with zero attached hydrogens (tertiary/aromatic N) is 2. The van der Waals surface area contributed by atoms with Gasteiger partial charge < -0.3 is 10.1 Å². The van der Waals surface area contributed by atoms with E-state index in [1.807, 2.05) is 73.1 Å². The van der Waals surface area contributed by atoms with Crippen molar-refractivity contribution >= 4 is 27.5 Å². The molecule has 0 bridgehead atoms. The fourth-order valence-electron chi connectivity index (χ4n) is 2.66. The Bertz CT molecular complexity index is 907. The van der Waals surface area contributed by atoms with E-state index in [2.05, 4.69) is 26.3 Å². The first-order valence-corrected chi connectivity index (χ1v) is 9.14. The number of hydrogen-bond acceptors (Lipinski definition) is 3. The van der Waals surface area contributed by atoms with Crippen molar-refractivity contribution in [3.8, 4) is 11.4 Å². The first kappa shape index (κ1) is 18.2. The summed E-state index contributed by atoms with van der Waals surface area (Å²) in [6.45, 7) is 4.14. The maximum atomic E-state index is 12.3. The van der Waals surface area contributed by atoms with Crippen molar-refractivity contribution in [2.75, 3.05) is 11.9 Å². The smallest absolute Gasteiger partial charge is 0.227 e. The van der Waals surface area contributed by atoms with Crippen LogP contribution in [0.15, 0.2) is 59.1 Å². The van der Waals surface area contributed by atoms with Crippen LogP contribution in [0.4, 0.5) is 5.69 Å². The van der Waals surface area contributed by atoms with Gasteiger partial charge in [0.2, 0.25) is 5.91 Å². The second-order valence-electron chi connectivity index (χ2n) is 5.87. The minimum absolute atomic E-state index is 0.101. The first-order chi connectivity index (χ1) is 12.6. The van der Waals surface area contributed by atoms with Crippen LogP contribution in [-0.4, -0.2) is 22.3 Å². The Morgan fingerprint density at radius 3 is 2.54 bits per heavy atom. The molecule has 1 aromatic heterocycles. The quantitative estimate of drug-likeness (QED) is 0.639. The molecule has 0 fully saturated rings. The molecule has 134 valence electrons. The Morgan fingerprint density at radius 1 is 1.12 bits per heavy atom. The molecule has 1 N–H and O–H groups in total. The van der Waals surface area contributed by atoms with Crippen molar-refractivity contribution in [3.63, 3.8) is 0 Å². The van der Waals surface area contributed by atoms with E-state index in [1.165, 1.54) is 0 Å². The summed E-state index contributed by atoms with van der Waals surface area (Å²) in [4.78, 5) is 12.3. The molecule has 1 heterocycles. The van der Waals surface area contributed by atoms with Gasteiger partial charge in [-0.3, -0.25) is 4.79 Å². The van der Waals surface area contributed by atoms with E-state index in [4.69, 9.17) is 4.74 Å². The predicted octanol–water partition coefficient (Wildman–Crippen LogP) is 4.66. The van der Waals surface area contributed by atoms with E-state index in [0.717, 1.165) is 33.0 Å². The van der Waals surface area contributed by atoms with E-state index >= 15 is 0 Å². The predicted molar refractivity (Wildman–Crippen MR) is 106 cm³/mol. The highest BCUT2D eigenvalue weighted by molar-refractivity contribution is 9.10. The first-order valence-electron chi connectivity index (χ1n) is 8.35. The number of benzene rings is 2. The van der Waals surface area contributed by atoms with Gasteiger partial charge >= 0.3 is 0 Å². The average Bonchev–Trinajstić information content (AvgIpc) is 2.92. The second kappa shape index (κ2) is 8.19. The average molecular weight is 414 g/mol. The maximum absolute atomic E-state index is 12.3. The zero-order valence-corrected chi connectivity index (χ0v) is 16.3. The standard InChI is InChI=1S/C20H20BrN3O2/c1-14-20(15(2)24(23-14)16-8-4-3-5-9-16)22-19(25)12-13-26-18-11-7-6-10-17(18)21/h3-11H,12-13H2,1-2H3,(H,22,25). The molecule has 3 rings (SSSR count). The van der Waals surface area contributed by atoms with Gasteiger partial charge in [0.25, 0.3) is 0 Å². The van der Waals surface area contributed by atoms with Crippen molar-refractivity contribution in [1.29, 1.82) is 0 Å². The molecule has 0 saturated carbocycles. The van der Waals surface area contributed by atoms with Crippen molar-refractivity contribution in [2.45, 2.75) is 20.3 Å². The van der Waals surface area contributed by atoms with Crippen molar-refractivity contribution < 1.29 is 9.53 Å². The molecule has 0 saturated heterocycles. The van der Waals surface area contributed by atoms with Crippen molar-refractivity contribution in [1.82, 2.24) is 9.78 Å². The van der Waals surface area contributed by atoms with E-state index in [-0.39, 0.29) is 12.3 Å². The van der Waals surface area contributed by atoms with Gasteiger partial charge in [-0.25, -0.2) is 4.68 Å². The molecule has 3 aromatic rings. The van der Waals surface area contributed by atoms with Crippen LogP contribution in [0.1, 0.15) is 17.8 Å². The Morgan fingerprint density at radius 2 is 1.81 bits per heavy atom. The molecule has 6 heteroatoms. The molecular weight excluding hydrogens is 394 g/mol. The van der Waals surface area contributed by atoms with Crippen LogP contribution in [0.2, 0.25) is 0 Å². The van der Waals surface area contributed by atoms with E-state index in [0.29, 0.717) is 6.61 Å². The summed E-state index contributed by atoms with van der Waals surface area (Å²) < 4.78 is 8.36. The zero-order chi connectivity index (χ0) is 18.5. The second-order valence-corrected chi connectivity index (χ2v) is 6.72. The van der Waals surface area contributed by atoms with Gasteiger partial charge in [-0.1, -0.05) is 30.3 Å². The lowest BCUT2D eigenvalue weighted by Gasteiger charge is -2.09. The van der Waals surface area contributed by atoms with Crippen LogP contribution in [0.3, 0.4) is 0 Å². The van der Waals surface area contributed by atoms with E-state index < -0.39 is 0 Å². The van der Waals surface area contributed by atoms with Gasteiger partial charge in [0.15, 0.2) is 0 Å². The molecule has 0 radical (unpaired) electrons. The van der Waals surface area contributed by atoms with Crippen LogP contribution >= 0.6 is 15.9 Å². The zero-order valence-electron chi connectivity index (χ0n) is 14.7. The molecule has 26 heavy (non-hydrogen) atoms. The number of hydrogen-bond donors (Lipinski definition) is 1. The number of para-hydroxylation sites is 2. The van der Waals surface area contributed by atoms with Gasteiger partial charge in [0.1, 0.15) is 5.75 Å². The summed E-state index contributed by atoms with van der Waals surface area (Å²) in [5.74, 6) is 0.625. The van der Waals surface area contributed by atoms with Crippen molar-refractivity contribution in [2.24, 2.45) is 0 Å². The lowest BCUT2D eigenvalue weighted by atomic mass is 10.2. The largest absolute Gasteiger partial charge is 0.492 e. The Kier molecular flexibility index (Phi) is 5.73. The monoisotopic (exact) mass is 413 g/mol. The maximum Gasteiger partial charge on any atom is 0.227 e. The van der Waals surface area contributed by atoms with E-state index in [9.17, 15) is 4.79 Å². The molecular formula is C20H20BrN3O2. The number of ether oxygens (including phenoxy) is 1. The topological polar surface area (TPSA) is 56.2 Å². The number of anilines is 1. The molecule has 0 spiro atoms. The minimum atomic E-state index is -0.101. The number of aromatic nitrogens is 2. The molecule has 0 unspecified atom stereocenters. The lowest BCUT2D eigenvalue weighted by Crippen LogP contribution is -2.16. The summed E-state index contributed by atoms with van der Waals surface area (Å²) in [5.41, 5.74) is 3.39. The Labute approximate surface area is 161 Å². The highest BCUT2D eigenvalue weighted by Gasteiger charge is 2.15. The minimum Gasteiger partial charge on any atom is -0.492 e. The Hall–Kier alpha value is -2.60. The normalized spacial score (nSPS) is 10.6. The van der Waals surface area contributed by atoms with E-state index in [1.54, 1.807) is 0 Å². The van der Waals surface area contributed by atoms with Crippen LogP contribution < -0.4 is 10.1 Å². The summed E-state index contributed by atoms with van der Waals surface area (Å²) in [6.07, 6.45) is 0.261. The summed E-state index contributed by atoms with van der Waals surface area (Å²) in [6, 6.07) is 17.4. The molecule has 0 aliphatic rings. The van der Waals surface area contributed by atoms with Gasteiger partial charge in [0, 0.05) is 0 Å².